The minimum atomic E-state index is 0.0776. The molecule has 16 heavy (non-hydrogen) atoms. The van der Waals surface area contributed by atoms with Gasteiger partial charge in [0.2, 0.25) is 0 Å². The molecule has 84 valence electrons. The van der Waals surface area contributed by atoms with Gasteiger partial charge in [0.05, 0.1) is 0 Å². The zero-order chi connectivity index (χ0) is 11.2. The Morgan fingerprint density at radius 1 is 1.25 bits per heavy atom. The van der Waals surface area contributed by atoms with Crippen molar-refractivity contribution in [3.8, 4) is 0 Å². The topological polar surface area (TPSA) is 29.1 Å². The van der Waals surface area contributed by atoms with Crippen LogP contribution in [0.1, 0.15) is 41.6 Å². The Hall–Kier alpha value is -0.830. The average molecular weight is 280 g/mol. The van der Waals surface area contributed by atoms with Gasteiger partial charge in [-0.1, -0.05) is 34.8 Å². The van der Waals surface area contributed by atoms with Crippen molar-refractivity contribution in [1.29, 1.82) is 0 Å². The molecule has 1 aromatic carbocycles. The summed E-state index contributed by atoms with van der Waals surface area (Å²) in [6.45, 7) is 0.807. The molecule has 1 N–H and O–H groups in total. The summed E-state index contributed by atoms with van der Waals surface area (Å²) in [7, 11) is 0. The maximum Gasteiger partial charge on any atom is 0.251 e. The molecule has 0 bridgehead atoms. The Morgan fingerprint density at radius 3 is 2.75 bits per heavy atom. The van der Waals surface area contributed by atoms with Crippen LogP contribution in [-0.2, 0) is 5.41 Å². The minimum absolute atomic E-state index is 0.0776. The number of carbonyl (C=O) groups is 1. The van der Waals surface area contributed by atoms with E-state index >= 15 is 0 Å². The van der Waals surface area contributed by atoms with Crippen molar-refractivity contribution in [2.75, 3.05) is 6.54 Å². The van der Waals surface area contributed by atoms with Crippen LogP contribution in [0.5, 0.6) is 0 Å². The Balaban J connectivity index is 2.22. The Labute approximate surface area is 104 Å². The lowest BCUT2D eigenvalue weighted by molar-refractivity contribution is 0.0924. The number of fused-ring (bicyclic) bond motifs is 2. The van der Waals surface area contributed by atoms with Crippen molar-refractivity contribution in [1.82, 2.24) is 5.32 Å². The fourth-order valence-corrected chi connectivity index (χ4v) is 3.95. The first-order valence-corrected chi connectivity index (χ1v) is 6.59. The third-order valence-corrected chi connectivity index (χ3v) is 4.60. The molecule has 2 nitrogen and oxygen atoms in total. The van der Waals surface area contributed by atoms with Crippen molar-refractivity contribution in [2.45, 2.75) is 31.1 Å². The Bertz CT molecular complexity index is 449. The van der Waals surface area contributed by atoms with E-state index in [1.165, 1.54) is 31.2 Å². The zero-order valence-electron chi connectivity index (χ0n) is 9.05. The average Bonchev–Trinajstić information content (AvgIpc) is 2.74. The summed E-state index contributed by atoms with van der Waals surface area (Å²) in [6.07, 6.45) is 4.94. The summed E-state index contributed by atoms with van der Waals surface area (Å²) in [6, 6.07) is 5.93. The standard InChI is InChI=1S/C13H14BrNO/c14-10-5-3-4-9-11(10)13(6-1-2-7-13)8-15-12(9)16/h3-5H,1-2,6-8H2,(H,15,16). The fourth-order valence-electron chi connectivity index (χ4n) is 3.16. The molecule has 1 fully saturated rings. The third-order valence-electron chi connectivity index (χ3n) is 3.94. The van der Waals surface area contributed by atoms with Crippen LogP contribution >= 0.6 is 15.9 Å². The molecule has 1 heterocycles. The monoisotopic (exact) mass is 279 g/mol. The predicted molar refractivity (Wildman–Crippen MR) is 66.6 cm³/mol. The first kappa shape index (κ1) is 10.3. The molecule has 1 aliphatic heterocycles. The number of carbonyl (C=O) groups excluding carboxylic acids is 1. The van der Waals surface area contributed by atoms with Crippen molar-refractivity contribution in [3.63, 3.8) is 0 Å². The maximum absolute atomic E-state index is 11.8. The minimum Gasteiger partial charge on any atom is -0.351 e. The number of hydrogen-bond acceptors (Lipinski definition) is 1. The number of rotatable bonds is 0. The fraction of sp³-hybridized carbons (Fsp3) is 0.462. The van der Waals surface area contributed by atoms with Crippen LogP contribution in [0.4, 0.5) is 0 Å². The normalized spacial score (nSPS) is 21.9. The summed E-state index contributed by atoms with van der Waals surface area (Å²) < 4.78 is 1.10. The first-order valence-electron chi connectivity index (χ1n) is 5.80. The van der Waals surface area contributed by atoms with E-state index in [4.69, 9.17) is 0 Å². The third kappa shape index (κ3) is 1.34. The summed E-state index contributed by atoms with van der Waals surface area (Å²) in [5.41, 5.74) is 2.31. The highest BCUT2D eigenvalue weighted by Crippen LogP contribution is 2.46. The largest absolute Gasteiger partial charge is 0.351 e. The number of hydrogen-bond donors (Lipinski definition) is 1. The number of nitrogens with one attached hydrogen (secondary N) is 1. The van der Waals surface area contributed by atoms with Gasteiger partial charge >= 0.3 is 0 Å². The van der Waals surface area contributed by atoms with E-state index in [-0.39, 0.29) is 11.3 Å². The second-order valence-electron chi connectivity index (χ2n) is 4.83. The Morgan fingerprint density at radius 2 is 2.00 bits per heavy atom. The second kappa shape index (κ2) is 3.59. The maximum atomic E-state index is 11.8. The summed E-state index contributed by atoms with van der Waals surface area (Å²) in [4.78, 5) is 11.8. The second-order valence-corrected chi connectivity index (χ2v) is 5.69. The van der Waals surface area contributed by atoms with Crippen LogP contribution in [0.15, 0.2) is 22.7 Å². The van der Waals surface area contributed by atoms with Gasteiger partial charge < -0.3 is 5.32 Å². The predicted octanol–water partition coefficient (Wildman–Crippen LogP) is 3.00. The van der Waals surface area contributed by atoms with Crippen molar-refractivity contribution in [3.05, 3.63) is 33.8 Å². The summed E-state index contributed by atoms with van der Waals surface area (Å²) in [5.74, 6) is 0.0776. The van der Waals surface area contributed by atoms with Crippen molar-refractivity contribution < 1.29 is 4.79 Å². The molecule has 3 heteroatoms. The van der Waals surface area contributed by atoms with Gasteiger partial charge in [-0.2, -0.15) is 0 Å². The van der Waals surface area contributed by atoms with Crippen LogP contribution in [-0.4, -0.2) is 12.5 Å². The van der Waals surface area contributed by atoms with Gasteiger partial charge in [-0.3, -0.25) is 4.79 Å². The molecule has 0 saturated heterocycles. The lowest BCUT2D eigenvalue weighted by atomic mass is 9.74. The summed E-state index contributed by atoms with van der Waals surface area (Å²) >= 11 is 3.61. The quantitative estimate of drug-likeness (QED) is 0.777. The molecule has 0 atom stereocenters. The van der Waals surface area contributed by atoms with Crippen molar-refractivity contribution >= 4 is 21.8 Å². The molecule has 1 saturated carbocycles. The molecule has 0 aromatic heterocycles. The van der Waals surface area contributed by atoms with E-state index in [1.807, 2.05) is 12.1 Å². The van der Waals surface area contributed by atoms with E-state index in [1.54, 1.807) is 0 Å². The lowest BCUT2D eigenvalue weighted by Crippen LogP contribution is -2.45. The molecule has 1 spiro atoms. The number of amides is 1. The molecule has 1 amide bonds. The van der Waals surface area contributed by atoms with E-state index in [0.29, 0.717) is 0 Å². The van der Waals surface area contributed by atoms with Crippen LogP contribution < -0.4 is 5.32 Å². The van der Waals surface area contributed by atoms with Crippen LogP contribution in [0.2, 0.25) is 0 Å². The molecule has 2 aliphatic rings. The highest BCUT2D eigenvalue weighted by molar-refractivity contribution is 9.10. The zero-order valence-corrected chi connectivity index (χ0v) is 10.6. The van der Waals surface area contributed by atoms with Gasteiger partial charge in [-0.15, -0.1) is 0 Å². The van der Waals surface area contributed by atoms with Gasteiger partial charge in [-0.05, 0) is 30.5 Å². The SMILES string of the molecule is O=C1NCC2(CCCC2)c2c(Br)cccc21. The Kier molecular flexibility index (Phi) is 2.32. The molecular weight excluding hydrogens is 266 g/mol. The lowest BCUT2D eigenvalue weighted by Gasteiger charge is -2.36. The molecule has 1 aromatic rings. The van der Waals surface area contributed by atoms with Gasteiger partial charge in [0.25, 0.3) is 5.91 Å². The van der Waals surface area contributed by atoms with Crippen LogP contribution in [0.3, 0.4) is 0 Å². The van der Waals surface area contributed by atoms with Gasteiger partial charge in [-0.25, -0.2) is 0 Å². The van der Waals surface area contributed by atoms with E-state index < -0.39 is 0 Å². The molecule has 0 radical (unpaired) electrons. The van der Waals surface area contributed by atoms with Gasteiger partial charge in [0.15, 0.2) is 0 Å². The molecule has 3 rings (SSSR count). The highest BCUT2D eigenvalue weighted by Gasteiger charge is 2.42. The number of benzene rings is 1. The van der Waals surface area contributed by atoms with Gasteiger partial charge in [0.1, 0.15) is 0 Å². The smallest absolute Gasteiger partial charge is 0.251 e. The van der Waals surface area contributed by atoms with Crippen LogP contribution in [0, 0.1) is 0 Å². The number of halogens is 1. The first-order chi connectivity index (χ1) is 7.73. The van der Waals surface area contributed by atoms with E-state index in [0.717, 1.165) is 16.6 Å². The van der Waals surface area contributed by atoms with E-state index in [2.05, 4.69) is 27.3 Å². The van der Waals surface area contributed by atoms with Crippen molar-refractivity contribution in [2.24, 2.45) is 0 Å². The van der Waals surface area contributed by atoms with Gasteiger partial charge in [0, 0.05) is 22.0 Å². The van der Waals surface area contributed by atoms with E-state index in [9.17, 15) is 4.79 Å². The molecule has 1 aliphatic carbocycles. The summed E-state index contributed by atoms with van der Waals surface area (Å²) in [5, 5.41) is 3.04. The highest BCUT2D eigenvalue weighted by atomic mass is 79.9. The van der Waals surface area contributed by atoms with Crippen LogP contribution in [0.25, 0.3) is 0 Å². The molecular formula is C13H14BrNO. The molecule has 0 unspecified atom stereocenters.